The summed E-state index contributed by atoms with van der Waals surface area (Å²) >= 11 is 0. The summed E-state index contributed by atoms with van der Waals surface area (Å²) < 4.78 is 17.6. The Labute approximate surface area is 149 Å². The second-order valence-corrected chi connectivity index (χ2v) is 5.43. The molecule has 2 atom stereocenters. The molecule has 0 fully saturated rings. The van der Waals surface area contributed by atoms with Gasteiger partial charge in [0.25, 0.3) is 5.91 Å². The molecular formula is C17H21FN2O6. The quantitative estimate of drug-likeness (QED) is 0.580. The number of ketones is 1. The summed E-state index contributed by atoms with van der Waals surface area (Å²) in [6, 6.07) is 6.88. The lowest BCUT2D eigenvalue weighted by atomic mass is 10.1. The summed E-state index contributed by atoms with van der Waals surface area (Å²) in [5.41, 5.74) is 0.463. The highest BCUT2D eigenvalue weighted by Crippen LogP contribution is 2.09. The van der Waals surface area contributed by atoms with Gasteiger partial charge in [-0.3, -0.25) is 19.7 Å². The number of amides is 2. The van der Waals surface area contributed by atoms with Crippen molar-refractivity contribution in [3.8, 4) is 0 Å². The number of carboxylic acids is 1. The van der Waals surface area contributed by atoms with Crippen molar-refractivity contribution in [1.29, 1.82) is 0 Å². The van der Waals surface area contributed by atoms with E-state index in [1.807, 2.05) is 0 Å². The minimum atomic E-state index is -1.52. The number of rotatable bonds is 10. The number of hydrogen-bond donors (Lipinski definition) is 3. The number of anilines is 1. The van der Waals surface area contributed by atoms with Crippen LogP contribution in [0.5, 0.6) is 0 Å². The Bertz CT molecular complexity index is 637. The molecule has 0 radical (unpaired) electrons. The van der Waals surface area contributed by atoms with Crippen molar-refractivity contribution in [2.24, 2.45) is 0 Å². The van der Waals surface area contributed by atoms with Gasteiger partial charge < -0.3 is 15.2 Å². The van der Waals surface area contributed by atoms with Gasteiger partial charge in [-0.05, 0) is 18.6 Å². The van der Waals surface area contributed by atoms with Gasteiger partial charge in [0.05, 0.1) is 6.42 Å². The van der Waals surface area contributed by atoms with Crippen molar-refractivity contribution in [2.75, 3.05) is 12.0 Å². The van der Waals surface area contributed by atoms with Crippen molar-refractivity contribution in [1.82, 2.24) is 5.32 Å². The van der Waals surface area contributed by atoms with Gasteiger partial charge in [0.1, 0.15) is 12.7 Å². The zero-order valence-electron chi connectivity index (χ0n) is 14.2. The number of para-hydroxylation sites is 1. The van der Waals surface area contributed by atoms with E-state index in [4.69, 9.17) is 9.84 Å². The first kappa shape index (κ1) is 21.1. The molecule has 9 heteroatoms. The third-order valence-corrected chi connectivity index (χ3v) is 3.33. The van der Waals surface area contributed by atoms with Crippen LogP contribution in [-0.2, 0) is 19.1 Å². The summed E-state index contributed by atoms with van der Waals surface area (Å²) in [6.45, 7) is 0.339. The maximum atomic E-state index is 12.6. The molecule has 1 aromatic rings. The monoisotopic (exact) mass is 368 g/mol. The lowest BCUT2D eigenvalue weighted by molar-refractivity contribution is -0.141. The average molecular weight is 368 g/mol. The van der Waals surface area contributed by atoms with Gasteiger partial charge in [0, 0.05) is 5.69 Å². The molecule has 0 bridgehead atoms. The van der Waals surface area contributed by atoms with Crippen LogP contribution in [0.25, 0.3) is 0 Å². The molecule has 0 spiro atoms. The number of nitrogens with one attached hydrogen (secondary N) is 2. The van der Waals surface area contributed by atoms with E-state index in [0.29, 0.717) is 12.1 Å². The van der Waals surface area contributed by atoms with E-state index in [2.05, 4.69) is 10.6 Å². The minimum absolute atomic E-state index is 0.150. The molecule has 3 N–H and O–H groups in total. The molecule has 1 aromatic carbocycles. The largest absolute Gasteiger partial charge is 0.481 e. The fourth-order valence-electron chi connectivity index (χ4n) is 2.08. The number of aliphatic carboxylic acids is 1. The number of carboxylic acid groups (broad SMARTS) is 1. The zero-order valence-corrected chi connectivity index (χ0v) is 14.2. The summed E-state index contributed by atoms with van der Waals surface area (Å²) in [4.78, 5) is 46.4. The molecule has 0 aromatic heterocycles. The predicted octanol–water partition coefficient (Wildman–Crippen LogP) is 1.90. The number of carbonyl (C=O) groups is 4. The van der Waals surface area contributed by atoms with Crippen LogP contribution in [-0.4, -0.2) is 47.7 Å². The van der Waals surface area contributed by atoms with Crippen molar-refractivity contribution in [3.63, 3.8) is 0 Å². The molecule has 2 amide bonds. The molecule has 0 aliphatic rings. The van der Waals surface area contributed by atoms with Crippen molar-refractivity contribution >= 4 is 29.4 Å². The number of alkyl halides is 1. The third kappa shape index (κ3) is 7.29. The molecule has 0 aliphatic carbocycles. The normalized spacial score (nSPS) is 12.5. The number of carbonyl (C=O) groups excluding carboxylic acids is 3. The Kier molecular flexibility index (Phi) is 8.76. The summed E-state index contributed by atoms with van der Waals surface area (Å²) in [7, 11) is 0. The summed E-state index contributed by atoms with van der Waals surface area (Å²) in [6.07, 6.45) is -2.25. The van der Waals surface area contributed by atoms with Crippen LogP contribution >= 0.6 is 0 Å². The molecule has 1 rings (SSSR count). The number of benzene rings is 1. The summed E-state index contributed by atoms with van der Waals surface area (Å²) in [5.74, 6) is -3.29. The highest BCUT2D eigenvalue weighted by molar-refractivity contribution is 5.94. The van der Waals surface area contributed by atoms with Crippen molar-refractivity contribution in [3.05, 3.63) is 30.3 Å². The van der Waals surface area contributed by atoms with E-state index < -0.39 is 49.0 Å². The van der Waals surface area contributed by atoms with Gasteiger partial charge in [-0.25, -0.2) is 9.18 Å². The van der Waals surface area contributed by atoms with Gasteiger partial charge in [0.2, 0.25) is 0 Å². The maximum absolute atomic E-state index is 12.6. The SMILES string of the molecule is CCCC(OC(=O)Nc1ccccc1)C(=O)NC(CC(=O)O)C(=O)CF. The fraction of sp³-hybridized carbons (Fsp3) is 0.412. The molecule has 8 nitrogen and oxygen atoms in total. The van der Waals surface area contributed by atoms with Gasteiger partial charge in [-0.2, -0.15) is 0 Å². The first-order valence-corrected chi connectivity index (χ1v) is 8.00. The van der Waals surface area contributed by atoms with Crippen LogP contribution in [0.1, 0.15) is 26.2 Å². The Hall–Kier alpha value is -2.97. The Morgan fingerprint density at radius 1 is 1.19 bits per heavy atom. The molecule has 0 heterocycles. The van der Waals surface area contributed by atoms with Gasteiger partial charge in [-0.15, -0.1) is 0 Å². The van der Waals surface area contributed by atoms with E-state index in [0.717, 1.165) is 0 Å². The van der Waals surface area contributed by atoms with E-state index in [9.17, 15) is 23.6 Å². The molecule has 0 aliphatic heterocycles. The van der Waals surface area contributed by atoms with Crippen LogP contribution in [0.2, 0.25) is 0 Å². The smallest absolute Gasteiger partial charge is 0.412 e. The first-order chi connectivity index (χ1) is 12.4. The molecule has 142 valence electrons. The molecule has 26 heavy (non-hydrogen) atoms. The maximum Gasteiger partial charge on any atom is 0.412 e. The number of Topliss-reactive ketones (excluding diaryl/α,β-unsaturated/α-hetero) is 1. The van der Waals surface area contributed by atoms with Crippen LogP contribution in [0.15, 0.2) is 30.3 Å². The van der Waals surface area contributed by atoms with E-state index in [-0.39, 0.29) is 6.42 Å². The second kappa shape index (κ2) is 10.8. The highest BCUT2D eigenvalue weighted by Gasteiger charge is 2.29. The van der Waals surface area contributed by atoms with E-state index >= 15 is 0 Å². The number of halogens is 1. The lowest BCUT2D eigenvalue weighted by Gasteiger charge is -2.20. The van der Waals surface area contributed by atoms with Crippen LogP contribution in [0.4, 0.5) is 14.9 Å². The highest BCUT2D eigenvalue weighted by atomic mass is 19.1. The zero-order chi connectivity index (χ0) is 19.5. The van der Waals surface area contributed by atoms with Gasteiger partial charge in [-0.1, -0.05) is 31.5 Å². The Morgan fingerprint density at radius 2 is 1.85 bits per heavy atom. The molecular weight excluding hydrogens is 347 g/mol. The average Bonchev–Trinajstić information content (AvgIpc) is 2.60. The van der Waals surface area contributed by atoms with E-state index in [1.54, 1.807) is 37.3 Å². The van der Waals surface area contributed by atoms with Crippen molar-refractivity contribution in [2.45, 2.75) is 38.3 Å². The Balaban J connectivity index is 2.73. The molecule has 0 saturated heterocycles. The number of ether oxygens (including phenoxy) is 1. The molecule has 2 unspecified atom stereocenters. The standard InChI is InChI=1S/C17H21FN2O6/c1-2-6-14(26-17(25)19-11-7-4-3-5-8-11)16(24)20-12(9-15(22)23)13(21)10-18/h3-5,7-8,12,14H,2,6,9-10H2,1H3,(H,19,25)(H,20,24)(H,22,23). The predicted molar refractivity (Wildman–Crippen MR) is 90.4 cm³/mol. The fourth-order valence-corrected chi connectivity index (χ4v) is 2.08. The summed E-state index contributed by atoms with van der Waals surface area (Å²) in [5, 5.41) is 13.4. The lowest BCUT2D eigenvalue weighted by Crippen LogP contribution is -2.48. The van der Waals surface area contributed by atoms with Crippen molar-refractivity contribution < 1.29 is 33.4 Å². The minimum Gasteiger partial charge on any atom is -0.481 e. The van der Waals surface area contributed by atoms with Gasteiger partial charge in [0.15, 0.2) is 11.9 Å². The van der Waals surface area contributed by atoms with Crippen LogP contribution in [0.3, 0.4) is 0 Å². The van der Waals surface area contributed by atoms with Crippen LogP contribution < -0.4 is 10.6 Å². The second-order valence-electron chi connectivity index (χ2n) is 5.43. The first-order valence-electron chi connectivity index (χ1n) is 8.00. The topological polar surface area (TPSA) is 122 Å². The number of hydrogen-bond acceptors (Lipinski definition) is 5. The van der Waals surface area contributed by atoms with Crippen LogP contribution in [0, 0.1) is 0 Å². The van der Waals surface area contributed by atoms with E-state index in [1.165, 1.54) is 0 Å². The third-order valence-electron chi connectivity index (χ3n) is 3.33. The Morgan fingerprint density at radius 3 is 2.38 bits per heavy atom. The van der Waals surface area contributed by atoms with Gasteiger partial charge >= 0.3 is 12.1 Å². The molecule has 0 saturated carbocycles.